The molecule has 0 aromatic heterocycles. The Morgan fingerprint density at radius 1 is 1.43 bits per heavy atom. The molecule has 1 rings (SSSR count). The van der Waals surface area contributed by atoms with Gasteiger partial charge in [-0.2, -0.15) is 0 Å². The van der Waals surface area contributed by atoms with Crippen LogP contribution in [0, 0.1) is 0 Å². The number of benzene rings is 1. The maximum absolute atomic E-state index is 11.0. The summed E-state index contributed by atoms with van der Waals surface area (Å²) in [7, 11) is 1.64. The van der Waals surface area contributed by atoms with Crippen LogP contribution in [0.4, 0.5) is 0 Å². The summed E-state index contributed by atoms with van der Waals surface area (Å²) in [5.74, 6) is 0.989. The molecule has 0 aliphatic rings. The summed E-state index contributed by atoms with van der Waals surface area (Å²) in [4.78, 5) is 10.9. The molecule has 3 heteroatoms. The van der Waals surface area contributed by atoms with Crippen molar-refractivity contribution in [3.8, 4) is 5.75 Å². The van der Waals surface area contributed by atoms with Crippen molar-refractivity contribution in [2.24, 2.45) is 0 Å². The molecule has 76 valence electrons. The standard InChI is InChI=1S/C11H13BrO2/c1-8(13)11(12)7-9-3-5-10(14-2)6-4-9/h3-6,11H,7H2,1-2H3. The second-order valence-corrected chi connectivity index (χ2v) is 4.24. The van der Waals surface area contributed by atoms with Gasteiger partial charge in [-0.25, -0.2) is 0 Å². The quantitative estimate of drug-likeness (QED) is 0.775. The molecular weight excluding hydrogens is 244 g/mol. The number of ketones is 1. The topological polar surface area (TPSA) is 26.3 Å². The summed E-state index contributed by atoms with van der Waals surface area (Å²) < 4.78 is 5.04. The first-order chi connectivity index (χ1) is 6.63. The third-order valence-electron chi connectivity index (χ3n) is 2.02. The average Bonchev–Trinajstić information content (AvgIpc) is 2.19. The van der Waals surface area contributed by atoms with E-state index < -0.39 is 0 Å². The summed E-state index contributed by atoms with van der Waals surface area (Å²) in [5, 5.41) is 0. The number of hydrogen-bond donors (Lipinski definition) is 0. The van der Waals surface area contributed by atoms with Crippen molar-refractivity contribution < 1.29 is 9.53 Å². The third kappa shape index (κ3) is 3.14. The number of hydrogen-bond acceptors (Lipinski definition) is 2. The number of methoxy groups -OCH3 is 1. The Morgan fingerprint density at radius 2 is 2.00 bits per heavy atom. The van der Waals surface area contributed by atoms with Crippen molar-refractivity contribution in [3.05, 3.63) is 29.8 Å². The molecule has 0 radical (unpaired) electrons. The van der Waals surface area contributed by atoms with Gasteiger partial charge in [0.05, 0.1) is 11.9 Å². The number of carbonyl (C=O) groups excluding carboxylic acids is 1. The zero-order valence-electron chi connectivity index (χ0n) is 8.29. The third-order valence-corrected chi connectivity index (χ3v) is 2.98. The molecule has 1 aromatic carbocycles. The number of halogens is 1. The van der Waals surface area contributed by atoms with Gasteiger partial charge in [0.1, 0.15) is 11.5 Å². The molecule has 0 heterocycles. The lowest BCUT2D eigenvalue weighted by Gasteiger charge is -2.06. The molecular formula is C11H13BrO2. The van der Waals surface area contributed by atoms with E-state index in [1.165, 1.54) is 0 Å². The van der Waals surface area contributed by atoms with Crippen LogP contribution in [-0.2, 0) is 11.2 Å². The Bertz CT molecular complexity index is 306. The van der Waals surface area contributed by atoms with E-state index in [2.05, 4.69) is 15.9 Å². The van der Waals surface area contributed by atoms with Gasteiger partial charge in [-0.15, -0.1) is 0 Å². The van der Waals surface area contributed by atoms with Gasteiger partial charge >= 0.3 is 0 Å². The first-order valence-corrected chi connectivity index (χ1v) is 5.32. The maximum Gasteiger partial charge on any atom is 0.143 e. The van der Waals surface area contributed by atoms with Crippen molar-refractivity contribution in [3.63, 3.8) is 0 Å². The Kier molecular flexibility index (Phi) is 4.14. The molecule has 0 fully saturated rings. The van der Waals surface area contributed by atoms with Gasteiger partial charge in [0.15, 0.2) is 0 Å². The number of carbonyl (C=O) groups is 1. The molecule has 1 unspecified atom stereocenters. The van der Waals surface area contributed by atoms with Crippen LogP contribution in [-0.4, -0.2) is 17.7 Å². The smallest absolute Gasteiger partial charge is 0.143 e. The minimum atomic E-state index is -0.0871. The second-order valence-electron chi connectivity index (χ2n) is 3.13. The summed E-state index contributed by atoms with van der Waals surface area (Å²) >= 11 is 3.33. The van der Waals surface area contributed by atoms with E-state index in [0.717, 1.165) is 17.7 Å². The van der Waals surface area contributed by atoms with Gasteiger partial charge in [-0.05, 0) is 31.0 Å². The highest BCUT2D eigenvalue weighted by molar-refractivity contribution is 9.10. The van der Waals surface area contributed by atoms with Crippen molar-refractivity contribution in [1.82, 2.24) is 0 Å². The molecule has 0 saturated heterocycles. The van der Waals surface area contributed by atoms with Gasteiger partial charge in [0.2, 0.25) is 0 Å². The van der Waals surface area contributed by atoms with Crippen LogP contribution in [0.2, 0.25) is 0 Å². The van der Waals surface area contributed by atoms with Crippen LogP contribution in [0.5, 0.6) is 5.75 Å². The number of Topliss-reactive ketones (excluding diaryl/α,β-unsaturated/α-hetero) is 1. The van der Waals surface area contributed by atoms with E-state index >= 15 is 0 Å². The van der Waals surface area contributed by atoms with Gasteiger partial charge in [0, 0.05) is 0 Å². The lowest BCUT2D eigenvalue weighted by atomic mass is 10.1. The van der Waals surface area contributed by atoms with Crippen LogP contribution in [0.25, 0.3) is 0 Å². The number of rotatable bonds is 4. The van der Waals surface area contributed by atoms with Gasteiger partial charge in [-0.1, -0.05) is 28.1 Å². The number of ether oxygens (including phenoxy) is 1. The Balaban J connectivity index is 2.64. The molecule has 14 heavy (non-hydrogen) atoms. The molecule has 0 spiro atoms. The van der Waals surface area contributed by atoms with Crippen molar-refractivity contribution in [2.45, 2.75) is 18.2 Å². The fourth-order valence-corrected chi connectivity index (χ4v) is 1.49. The van der Waals surface area contributed by atoms with Crippen LogP contribution >= 0.6 is 15.9 Å². The molecule has 0 saturated carbocycles. The highest BCUT2D eigenvalue weighted by Crippen LogP contribution is 2.15. The highest BCUT2D eigenvalue weighted by Gasteiger charge is 2.09. The lowest BCUT2D eigenvalue weighted by molar-refractivity contribution is -0.116. The second kappa shape index (κ2) is 5.15. The van der Waals surface area contributed by atoms with E-state index in [9.17, 15) is 4.79 Å². The summed E-state index contributed by atoms with van der Waals surface area (Å²) in [6.07, 6.45) is 0.722. The van der Waals surface area contributed by atoms with E-state index in [1.54, 1.807) is 14.0 Å². The minimum Gasteiger partial charge on any atom is -0.497 e. The summed E-state index contributed by atoms with van der Waals surface area (Å²) in [6, 6.07) is 7.73. The fraction of sp³-hybridized carbons (Fsp3) is 0.364. The minimum absolute atomic E-state index is 0.0871. The summed E-state index contributed by atoms with van der Waals surface area (Å²) in [5.41, 5.74) is 1.13. The normalized spacial score (nSPS) is 12.2. The Labute approximate surface area is 92.4 Å². The molecule has 0 bridgehead atoms. The van der Waals surface area contributed by atoms with Crippen LogP contribution in [0.3, 0.4) is 0 Å². The predicted molar refractivity (Wildman–Crippen MR) is 60.1 cm³/mol. The number of alkyl halides is 1. The SMILES string of the molecule is COc1ccc(CC(Br)C(C)=O)cc1. The largest absolute Gasteiger partial charge is 0.497 e. The van der Waals surface area contributed by atoms with E-state index in [0.29, 0.717) is 0 Å². The lowest BCUT2D eigenvalue weighted by Crippen LogP contribution is -2.12. The van der Waals surface area contributed by atoms with Crippen LogP contribution in [0.15, 0.2) is 24.3 Å². The van der Waals surface area contributed by atoms with Crippen molar-refractivity contribution in [1.29, 1.82) is 0 Å². The van der Waals surface area contributed by atoms with Crippen LogP contribution < -0.4 is 4.74 Å². The predicted octanol–water partition coefficient (Wildman–Crippen LogP) is 2.59. The first kappa shape index (κ1) is 11.2. The monoisotopic (exact) mass is 256 g/mol. The molecule has 0 N–H and O–H groups in total. The summed E-state index contributed by atoms with van der Waals surface area (Å²) in [6.45, 7) is 1.59. The van der Waals surface area contributed by atoms with Gasteiger partial charge in [0.25, 0.3) is 0 Å². The molecule has 2 nitrogen and oxygen atoms in total. The Morgan fingerprint density at radius 3 is 2.43 bits per heavy atom. The van der Waals surface area contributed by atoms with Gasteiger partial charge in [-0.3, -0.25) is 4.79 Å². The average molecular weight is 257 g/mol. The molecule has 0 aliphatic heterocycles. The van der Waals surface area contributed by atoms with Crippen molar-refractivity contribution >= 4 is 21.7 Å². The van der Waals surface area contributed by atoms with Crippen molar-refractivity contribution in [2.75, 3.05) is 7.11 Å². The van der Waals surface area contributed by atoms with Gasteiger partial charge < -0.3 is 4.74 Å². The molecule has 1 atom stereocenters. The fourth-order valence-electron chi connectivity index (χ4n) is 1.11. The molecule has 0 amide bonds. The molecule has 1 aromatic rings. The Hall–Kier alpha value is -0.830. The first-order valence-electron chi connectivity index (χ1n) is 4.41. The van der Waals surface area contributed by atoms with E-state index in [1.807, 2.05) is 24.3 Å². The van der Waals surface area contributed by atoms with Crippen LogP contribution in [0.1, 0.15) is 12.5 Å². The highest BCUT2D eigenvalue weighted by atomic mass is 79.9. The molecule has 0 aliphatic carbocycles. The zero-order chi connectivity index (χ0) is 10.6. The zero-order valence-corrected chi connectivity index (χ0v) is 9.87. The maximum atomic E-state index is 11.0. The van der Waals surface area contributed by atoms with E-state index in [4.69, 9.17) is 4.74 Å². The van der Waals surface area contributed by atoms with E-state index in [-0.39, 0.29) is 10.6 Å².